The van der Waals surface area contributed by atoms with E-state index in [9.17, 15) is 0 Å². The second kappa shape index (κ2) is 4.26. The fourth-order valence-electron chi connectivity index (χ4n) is 5.91. The molecule has 0 spiro atoms. The normalized spacial score (nSPS) is 38.2. The minimum Gasteiger partial charge on any atom is -0.379 e. The van der Waals surface area contributed by atoms with Crippen LogP contribution < -0.4 is 5.32 Å². The Hall–Kier alpha value is -0.980. The molecule has 0 aliphatic heterocycles. The highest BCUT2D eigenvalue weighted by Crippen LogP contribution is 2.56. The van der Waals surface area contributed by atoms with Gasteiger partial charge in [-0.2, -0.15) is 0 Å². The summed E-state index contributed by atoms with van der Waals surface area (Å²) in [7, 11) is 0. The van der Waals surface area contributed by atoms with Gasteiger partial charge < -0.3 is 5.32 Å². The monoisotopic (exact) mass is 269 g/mol. The Morgan fingerprint density at radius 3 is 1.75 bits per heavy atom. The average Bonchev–Trinajstić information content (AvgIpc) is 2.32. The van der Waals surface area contributed by atoms with Crippen molar-refractivity contribution < 1.29 is 0 Å². The minimum absolute atomic E-state index is 0.430. The molecule has 4 saturated carbocycles. The average molecular weight is 269 g/mol. The molecule has 0 amide bonds. The van der Waals surface area contributed by atoms with Crippen molar-refractivity contribution in [1.29, 1.82) is 0 Å². The third-order valence-corrected chi connectivity index (χ3v) is 6.11. The van der Waals surface area contributed by atoms with Gasteiger partial charge in [-0.05, 0) is 88.2 Å². The molecule has 5 rings (SSSR count). The van der Waals surface area contributed by atoms with Gasteiger partial charge in [-0.3, -0.25) is 0 Å². The molecule has 1 heteroatoms. The summed E-state index contributed by atoms with van der Waals surface area (Å²) in [4.78, 5) is 0. The molecule has 20 heavy (non-hydrogen) atoms. The fraction of sp³-hybridized carbons (Fsp3) is 0.684. The zero-order valence-corrected chi connectivity index (χ0v) is 13.1. The van der Waals surface area contributed by atoms with Gasteiger partial charge in [-0.15, -0.1) is 0 Å². The third-order valence-electron chi connectivity index (χ3n) is 6.11. The molecule has 0 aromatic heterocycles. The standard InChI is InChI=1S/C19H27N/c1-12-4-13(2)18(14(3)5-12)20-19-9-15-6-16(10-19)8-17(7-15)11-19/h4-5,15-17,20H,6-11H2,1-3H3. The van der Waals surface area contributed by atoms with Gasteiger partial charge in [-0.25, -0.2) is 0 Å². The number of rotatable bonds is 2. The van der Waals surface area contributed by atoms with E-state index in [0.29, 0.717) is 5.54 Å². The Morgan fingerprint density at radius 2 is 1.30 bits per heavy atom. The maximum absolute atomic E-state index is 4.05. The first-order chi connectivity index (χ1) is 9.53. The fourth-order valence-corrected chi connectivity index (χ4v) is 5.91. The lowest BCUT2D eigenvalue weighted by Crippen LogP contribution is -2.55. The van der Waals surface area contributed by atoms with Gasteiger partial charge in [0.2, 0.25) is 0 Å². The van der Waals surface area contributed by atoms with E-state index in [0.717, 1.165) is 17.8 Å². The molecule has 108 valence electrons. The molecule has 0 atom stereocenters. The molecular weight excluding hydrogens is 242 g/mol. The Kier molecular flexibility index (Phi) is 2.71. The third kappa shape index (κ3) is 1.98. The van der Waals surface area contributed by atoms with Crippen molar-refractivity contribution in [3.05, 3.63) is 28.8 Å². The Labute approximate surface area is 123 Å². The van der Waals surface area contributed by atoms with Crippen LogP contribution in [0.25, 0.3) is 0 Å². The van der Waals surface area contributed by atoms with Crippen LogP contribution in [0.1, 0.15) is 55.2 Å². The lowest BCUT2D eigenvalue weighted by atomic mass is 9.53. The zero-order valence-electron chi connectivity index (χ0n) is 13.1. The topological polar surface area (TPSA) is 12.0 Å². The van der Waals surface area contributed by atoms with Crippen molar-refractivity contribution in [2.75, 3.05) is 5.32 Å². The summed E-state index contributed by atoms with van der Waals surface area (Å²) in [6.45, 7) is 6.74. The van der Waals surface area contributed by atoms with E-state index in [1.807, 2.05) is 0 Å². The minimum atomic E-state index is 0.430. The van der Waals surface area contributed by atoms with Crippen LogP contribution in [0.2, 0.25) is 0 Å². The highest BCUT2D eigenvalue weighted by atomic mass is 15.0. The van der Waals surface area contributed by atoms with Crippen molar-refractivity contribution in [1.82, 2.24) is 0 Å². The van der Waals surface area contributed by atoms with E-state index >= 15 is 0 Å². The molecule has 0 saturated heterocycles. The number of hydrogen-bond donors (Lipinski definition) is 1. The molecule has 0 unspecified atom stereocenters. The van der Waals surface area contributed by atoms with Crippen LogP contribution in [0.3, 0.4) is 0 Å². The number of benzene rings is 1. The summed E-state index contributed by atoms with van der Waals surface area (Å²) < 4.78 is 0. The summed E-state index contributed by atoms with van der Waals surface area (Å²) in [5.41, 5.74) is 6.10. The lowest BCUT2D eigenvalue weighted by Gasteiger charge is -2.57. The molecule has 1 aromatic carbocycles. The Bertz CT molecular complexity index is 484. The first kappa shape index (κ1) is 12.7. The van der Waals surface area contributed by atoms with Gasteiger partial charge in [0.15, 0.2) is 0 Å². The maximum Gasteiger partial charge on any atom is 0.0404 e. The highest BCUT2D eigenvalue weighted by molar-refractivity contribution is 5.60. The van der Waals surface area contributed by atoms with Crippen LogP contribution in [0.5, 0.6) is 0 Å². The number of aryl methyl sites for hydroxylation is 3. The van der Waals surface area contributed by atoms with E-state index in [-0.39, 0.29) is 0 Å². The molecule has 0 radical (unpaired) electrons. The quantitative estimate of drug-likeness (QED) is 0.797. The predicted molar refractivity (Wildman–Crippen MR) is 85.2 cm³/mol. The molecule has 0 heterocycles. The first-order valence-electron chi connectivity index (χ1n) is 8.39. The van der Waals surface area contributed by atoms with E-state index < -0.39 is 0 Å². The molecule has 4 fully saturated rings. The molecular formula is C19H27N. The van der Waals surface area contributed by atoms with Crippen LogP contribution in [0.4, 0.5) is 5.69 Å². The number of hydrogen-bond acceptors (Lipinski definition) is 1. The largest absolute Gasteiger partial charge is 0.379 e. The van der Waals surface area contributed by atoms with Gasteiger partial charge in [0, 0.05) is 11.2 Å². The van der Waals surface area contributed by atoms with Crippen LogP contribution in [0.15, 0.2) is 12.1 Å². The predicted octanol–water partition coefficient (Wildman–Crippen LogP) is 4.99. The van der Waals surface area contributed by atoms with E-state index in [2.05, 4.69) is 38.2 Å². The molecule has 4 bridgehead atoms. The second-order valence-electron chi connectivity index (χ2n) is 8.10. The summed E-state index contributed by atoms with van der Waals surface area (Å²) in [5.74, 6) is 3.04. The SMILES string of the molecule is Cc1cc(C)c(NC23CC4CC(CC(C4)C2)C3)c(C)c1. The zero-order chi connectivity index (χ0) is 13.9. The Balaban J connectivity index is 1.66. The summed E-state index contributed by atoms with van der Waals surface area (Å²) >= 11 is 0. The van der Waals surface area contributed by atoms with Gasteiger partial charge in [0.1, 0.15) is 0 Å². The van der Waals surface area contributed by atoms with Crippen molar-refractivity contribution in [3.8, 4) is 0 Å². The van der Waals surface area contributed by atoms with E-state index in [1.54, 1.807) is 0 Å². The van der Waals surface area contributed by atoms with Gasteiger partial charge >= 0.3 is 0 Å². The van der Waals surface area contributed by atoms with Crippen molar-refractivity contribution in [2.45, 2.75) is 64.8 Å². The van der Waals surface area contributed by atoms with E-state index in [4.69, 9.17) is 0 Å². The molecule has 1 nitrogen and oxygen atoms in total. The maximum atomic E-state index is 4.05. The molecule has 1 N–H and O–H groups in total. The van der Waals surface area contributed by atoms with Gasteiger partial charge in [-0.1, -0.05) is 17.7 Å². The van der Waals surface area contributed by atoms with Crippen LogP contribution >= 0.6 is 0 Å². The summed E-state index contributed by atoms with van der Waals surface area (Å²) in [6, 6.07) is 4.66. The first-order valence-corrected chi connectivity index (χ1v) is 8.39. The van der Waals surface area contributed by atoms with E-state index in [1.165, 1.54) is 60.9 Å². The van der Waals surface area contributed by atoms with Crippen LogP contribution in [0, 0.1) is 38.5 Å². The lowest BCUT2D eigenvalue weighted by molar-refractivity contribution is 0.0106. The van der Waals surface area contributed by atoms with Crippen molar-refractivity contribution in [3.63, 3.8) is 0 Å². The summed E-state index contributed by atoms with van der Waals surface area (Å²) in [5, 5.41) is 4.05. The molecule has 4 aliphatic carbocycles. The highest BCUT2D eigenvalue weighted by Gasteiger charge is 2.51. The number of anilines is 1. The second-order valence-corrected chi connectivity index (χ2v) is 8.10. The van der Waals surface area contributed by atoms with Gasteiger partial charge in [0.25, 0.3) is 0 Å². The number of nitrogens with one attached hydrogen (secondary N) is 1. The van der Waals surface area contributed by atoms with Crippen molar-refractivity contribution in [2.24, 2.45) is 17.8 Å². The van der Waals surface area contributed by atoms with Gasteiger partial charge in [0.05, 0.1) is 0 Å². The molecule has 4 aliphatic rings. The van der Waals surface area contributed by atoms with Crippen molar-refractivity contribution >= 4 is 5.69 Å². The van der Waals surface area contributed by atoms with Crippen LogP contribution in [-0.2, 0) is 0 Å². The summed E-state index contributed by atoms with van der Waals surface area (Å²) in [6.07, 6.45) is 8.83. The molecule has 1 aromatic rings. The Morgan fingerprint density at radius 1 is 0.850 bits per heavy atom. The van der Waals surface area contributed by atoms with Crippen LogP contribution in [-0.4, -0.2) is 5.54 Å². The smallest absolute Gasteiger partial charge is 0.0404 e.